The van der Waals surface area contributed by atoms with Gasteiger partial charge in [-0.15, -0.1) is 0 Å². The average molecular weight is 391 g/mol. The van der Waals surface area contributed by atoms with Crippen LogP contribution in [0.4, 0.5) is 5.69 Å². The van der Waals surface area contributed by atoms with Gasteiger partial charge in [0, 0.05) is 11.7 Å². The van der Waals surface area contributed by atoms with Crippen molar-refractivity contribution in [3.05, 3.63) is 53.6 Å². The molecule has 27 heavy (non-hydrogen) atoms. The van der Waals surface area contributed by atoms with E-state index in [0.717, 1.165) is 17.5 Å². The average Bonchev–Trinajstić information content (AvgIpc) is 2.63. The Balaban J connectivity index is 2.00. The minimum Gasteiger partial charge on any atom is -0.484 e. The maximum Gasteiger partial charge on any atom is 0.261 e. The molecule has 7 heteroatoms. The number of anilines is 1. The van der Waals surface area contributed by atoms with E-state index in [0.29, 0.717) is 11.4 Å². The second-order valence-electron chi connectivity index (χ2n) is 6.54. The number of nitrogens with one attached hydrogen (secondary N) is 2. The summed E-state index contributed by atoms with van der Waals surface area (Å²) < 4.78 is 33.0. The highest BCUT2D eigenvalue weighted by molar-refractivity contribution is 7.92. The summed E-state index contributed by atoms with van der Waals surface area (Å²) >= 11 is 0. The van der Waals surface area contributed by atoms with Gasteiger partial charge in [0.1, 0.15) is 5.75 Å². The van der Waals surface area contributed by atoms with E-state index in [9.17, 15) is 13.2 Å². The molecule has 0 spiro atoms. The van der Waals surface area contributed by atoms with Gasteiger partial charge in [0.2, 0.25) is 0 Å². The molecule has 1 atom stereocenters. The van der Waals surface area contributed by atoms with E-state index in [4.69, 9.17) is 4.74 Å². The molecule has 0 aliphatic carbocycles. The molecule has 2 rings (SSSR count). The van der Waals surface area contributed by atoms with E-state index < -0.39 is 10.0 Å². The smallest absolute Gasteiger partial charge is 0.261 e. The fraction of sp³-hybridized carbons (Fsp3) is 0.350. The minimum atomic E-state index is -3.70. The van der Waals surface area contributed by atoms with Crippen molar-refractivity contribution in [3.63, 3.8) is 0 Å². The van der Waals surface area contributed by atoms with E-state index >= 15 is 0 Å². The molecule has 1 amide bonds. The molecular formula is C20H26N2O4S. The second-order valence-corrected chi connectivity index (χ2v) is 8.22. The Hall–Kier alpha value is -2.54. The summed E-state index contributed by atoms with van der Waals surface area (Å²) in [5, 5.41) is 2.80. The van der Waals surface area contributed by atoms with E-state index in [1.807, 2.05) is 33.8 Å². The molecule has 0 aromatic heterocycles. The topological polar surface area (TPSA) is 84.5 Å². The summed E-state index contributed by atoms with van der Waals surface area (Å²) in [7, 11) is -3.70. The standard InChI is InChI=1S/C20H26N2O4S/c1-5-16(4)21-20(23)13-26-18-8-10-19(11-9-18)27(24,25)22-17-7-6-14(2)15(3)12-17/h6-12,16,22H,5,13H2,1-4H3,(H,21,23)/t16-/m0/s1. The van der Waals surface area contributed by atoms with Crippen molar-refractivity contribution >= 4 is 21.6 Å². The zero-order valence-corrected chi connectivity index (χ0v) is 16.9. The van der Waals surface area contributed by atoms with Gasteiger partial charge in [0.25, 0.3) is 15.9 Å². The molecule has 0 saturated carbocycles. The first kappa shape index (κ1) is 20.8. The van der Waals surface area contributed by atoms with Crippen LogP contribution in [0.2, 0.25) is 0 Å². The van der Waals surface area contributed by atoms with Crippen molar-refractivity contribution in [3.8, 4) is 5.75 Å². The summed E-state index contributed by atoms with van der Waals surface area (Å²) in [4.78, 5) is 11.8. The molecule has 146 valence electrons. The molecule has 2 aromatic carbocycles. The molecule has 0 unspecified atom stereocenters. The largest absolute Gasteiger partial charge is 0.484 e. The lowest BCUT2D eigenvalue weighted by molar-refractivity contribution is -0.123. The van der Waals surface area contributed by atoms with Crippen molar-refractivity contribution in [2.24, 2.45) is 0 Å². The van der Waals surface area contributed by atoms with Crippen molar-refractivity contribution in [1.29, 1.82) is 0 Å². The predicted molar refractivity (Wildman–Crippen MR) is 107 cm³/mol. The number of hydrogen-bond donors (Lipinski definition) is 2. The van der Waals surface area contributed by atoms with Crippen molar-refractivity contribution in [2.45, 2.75) is 45.1 Å². The summed E-state index contributed by atoms with van der Waals surface area (Å²) in [6.45, 7) is 7.68. The van der Waals surface area contributed by atoms with Crippen LogP contribution in [-0.2, 0) is 14.8 Å². The van der Waals surface area contributed by atoms with Gasteiger partial charge in [-0.3, -0.25) is 9.52 Å². The number of carbonyl (C=O) groups excluding carboxylic acids is 1. The second kappa shape index (κ2) is 8.90. The summed E-state index contributed by atoms with van der Waals surface area (Å²) in [6.07, 6.45) is 0.839. The Bertz CT molecular complexity index is 893. The van der Waals surface area contributed by atoms with Crippen LogP contribution in [0, 0.1) is 13.8 Å². The van der Waals surface area contributed by atoms with E-state index in [1.165, 1.54) is 24.3 Å². The monoisotopic (exact) mass is 390 g/mol. The zero-order valence-electron chi connectivity index (χ0n) is 16.1. The van der Waals surface area contributed by atoms with Crippen LogP contribution >= 0.6 is 0 Å². The highest BCUT2D eigenvalue weighted by Crippen LogP contribution is 2.21. The van der Waals surface area contributed by atoms with Gasteiger partial charge in [0.05, 0.1) is 4.90 Å². The lowest BCUT2D eigenvalue weighted by Gasteiger charge is -2.13. The number of carbonyl (C=O) groups is 1. The number of hydrogen-bond acceptors (Lipinski definition) is 4. The molecule has 2 N–H and O–H groups in total. The van der Waals surface area contributed by atoms with Gasteiger partial charge in [0.15, 0.2) is 6.61 Å². The number of rotatable bonds is 8. The van der Waals surface area contributed by atoms with Gasteiger partial charge in [-0.25, -0.2) is 8.42 Å². The van der Waals surface area contributed by atoms with Crippen LogP contribution in [-0.4, -0.2) is 27.0 Å². The Kier molecular flexibility index (Phi) is 6.85. The van der Waals surface area contributed by atoms with Crippen LogP contribution in [0.3, 0.4) is 0 Å². The molecule has 0 fully saturated rings. The number of benzene rings is 2. The quantitative estimate of drug-likeness (QED) is 0.723. The third kappa shape index (κ3) is 5.99. The number of aryl methyl sites for hydroxylation is 2. The van der Waals surface area contributed by atoms with Crippen LogP contribution < -0.4 is 14.8 Å². The van der Waals surface area contributed by atoms with Gasteiger partial charge in [-0.05, 0) is 74.7 Å². The number of amides is 1. The van der Waals surface area contributed by atoms with E-state index in [1.54, 1.807) is 12.1 Å². The first-order chi connectivity index (χ1) is 12.7. The SMILES string of the molecule is CC[C@H](C)NC(=O)COc1ccc(S(=O)(=O)Nc2ccc(C)c(C)c2)cc1. The van der Waals surface area contributed by atoms with E-state index in [2.05, 4.69) is 10.0 Å². The third-order valence-electron chi connectivity index (χ3n) is 4.28. The molecule has 0 aliphatic heterocycles. The molecule has 0 bridgehead atoms. The van der Waals surface area contributed by atoms with Crippen molar-refractivity contribution < 1.29 is 17.9 Å². The highest BCUT2D eigenvalue weighted by Gasteiger charge is 2.15. The normalized spacial score (nSPS) is 12.3. The molecule has 0 radical (unpaired) electrons. The van der Waals surface area contributed by atoms with Crippen LogP contribution in [0.15, 0.2) is 47.4 Å². The number of ether oxygens (including phenoxy) is 1. The highest BCUT2D eigenvalue weighted by atomic mass is 32.2. The van der Waals surface area contributed by atoms with Gasteiger partial charge < -0.3 is 10.1 Å². The van der Waals surface area contributed by atoms with Gasteiger partial charge in [-0.1, -0.05) is 13.0 Å². The number of sulfonamides is 1. The summed E-state index contributed by atoms with van der Waals surface area (Å²) in [6, 6.07) is 11.4. The van der Waals surface area contributed by atoms with Crippen molar-refractivity contribution in [2.75, 3.05) is 11.3 Å². The van der Waals surface area contributed by atoms with Crippen LogP contribution in [0.5, 0.6) is 5.75 Å². The Morgan fingerprint density at radius 2 is 1.74 bits per heavy atom. The maximum absolute atomic E-state index is 12.5. The van der Waals surface area contributed by atoms with E-state index in [-0.39, 0.29) is 23.5 Å². The first-order valence-corrected chi connectivity index (χ1v) is 10.3. The molecule has 6 nitrogen and oxygen atoms in total. The van der Waals surface area contributed by atoms with Crippen LogP contribution in [0.1, 0.15) is 31.4 Å². The Labute approximate surface area is 161 Å². The fourth-order valence-electron chi connectivity index (χ4n) is 2.30. The molecule has 0 aliphatic rings. The molecule has 2 aromatic rings. The summed E-state index contributed by atoms with van der Waals surface area (Å²) in [5.74, 6) is 0.219. The molecule has 0 heterocycles. The molecular weight excluding hydrogens is 364 g/mol. The summed E-state index contributed by atoms with van der Waals surface area (Å²) in [5.41, 5.74) is 2.62. The first-order valence-electron chi connectivity index (χ1n) is 8.83. The minimum absolute atomic E-state index is 0.0881. The zero-order chi connectivity index (χ0) is 20.0. The van der Waals surface area contributed by atoms with Gasteiger partial charge in [-0.2, -0.15) is 0 Å². The van der Waals surface area contributed by atoms with Crippen LogP contribution in [0.25, 0.3) is 0 Å². The Morgan fingerprint density at radius 3 is 2.33 bits per heavy atom. The predicted octanol–water partition coefficient (Wildman–Crippen LogP) is 3.40. The third-order valence-corrected chi connectivity index (χ3v) is 5.68. The lowest BCUT2D eigenvalue weighted by Crippen LogP contribution is -2.35. The van der Waals surface area contributed by atoms with Crippen molar-refractivity contribution in [1.82, 2.24) is 5.32 Å². The fourth-order valence-corrected chi connectivity index (χ4v) is 3.35. The maximum atomic E-state index is 12.5. The molecule has 0 saturated heterocycles. The van der Waals surface area contributed by atoms with Gasteiger partial charge >= 0.3 is 0 Å². The lowest BCUT2D eigenvalue weighted by atomic mass is 10.1. The Morgan fingerprint density at radius 1 is 1.07 bits per heavy atom.